The minimum absolute atomic E-state index is 0.0251. The third kappa shape index (κ3) is 4.63. The molecule has 1 saturated heterocycles. The van der Waals surface area contributed by atoms with Crippen molar-refractivity contribution in [2.24, 2.45) is 13.0 Å². The first kappa shape index (κ1) is 18.4. The van der Waals surface area contributed by atoms with E-state index in [1.807, 2.05) is 13.2 Å². The minimum atomic E-state index is -4.19. The Morgan fingerprint density at radius 2 is 2.19 bits per heavy atom. The summed E-state index contributed by atoms with van der Waals surface area (Å²) in [6.45, 7) is 1.24. The number of hydrogen-bond donors (Lipinski definition) is 2. The molecule has 0 aliphatic carbocycles. The molecule has 2 N–H and O–H groups in total. The number of aromatic nitrogens is 2. The van der Waals surface area contributed by atoms with E-state index in [2.05, 4.69) is 15.7 Å². The predicted molar refractivity (Wildman–Crippen MR) is 91.8 cm³/mol. The topological polar surface area (TPSA) is 59.0 Å². The third-order valence-electron chi connectivity index (χ3n) is 4.60. The zero-order chi connectivity index (χ0) is 18.7. The van der Waals surface area contributed by atoms with Gasteiger partial charge in [0.05, 0.1) is 12.1 Å². The van der Waals surface area contributed by atoms with Crippen LogP contribution in [-0.4, -0.2) is 35.0 Å². The van der Waals surface area contributed by atoms with E-state index in [-0.39, 0.29) is 24.2 Å². The number of alkyl halides is 3. The second kappa shape index (κ2) is 7.49. The zero-order valence-electron chi connectivity index (χ0n) is 14.4. The van der Waals surface area contributed by atoms with Gasteiger partial charge in [-0.1, -0.05) is 12.1 Å². The Labute approximate surface area is 149 Å². The fourth-order valence-electron chi connectivity index (χ4n) is 3.26. The molecule has 2 aromatic rings. The van der Waals surface area contributed by atoms with Gasteiger partial charge in [0.15, 0.2) is 0 Å². The molecule has 0 unspecified atom stereocenters. The predicted octanol–water partition coefficient (Wildman–Crippen LogP) is 2.86. The maximum atomic E-state index is 12.7. The second-order valence-electron chi connectivity index (χ2n) is 6.62. The summed E-state index contributed by atoms with van der Waals surface area (Å²) in [5, 5.41) is 10.2. The molecule has 0 spiro atoms. The molecule has 2 atom stereocenters. The molecule has 3 rings (SSSR count). The normalized spacial score (nSPS) is 20.3. The molecule has 1 aromatic carbocycles. The number of amides is 1. The van der Waals surface area contributed by atoms with Crippen molar-refractivity contribution in [2.75, 3.05) is 18.4 Å². The van der Waals surface area contributed by atoms with Crippen molar-refractivity contribution in [1.82, 2.24) is 15.1 Å². The van der Waals surface area contributed by atoms with E-state index >= 15 is 0 Å². The van der Waals surface area contributed by atoms with Gasteiger partial charge in [0.2, 0.25) is 5.91 Å². The first-order valence-corrected chi connectivity index (χ1v) is 8.47. The molecule has 8 heteroatoms. The molecule has 140 valence electrons. The summed E-state index contributed by atoms with van der Waals surface area (Å²) in [5.74, 6) is -0.369. The lowest BCUT2D eigenvalue weighted by Crippen LogP contribution is -2.28. The summed E-state index contributed by atoms with van der Waals surface area (Å²) in [6.07, 6.45) is -1.51. The van der Waals surface area contributed by atoms with Gasteiger partial charge < -0.3 is 10.6 Å². The lowest BCUT2D eigenvalue weighted by Gasteiger charge is -2.17. The summed E-state index contributed by atoms with van der Waals surface area (Å²) in [5.41, 5.74) is 2.07. The summed E-state index contributed by atoms with van der Waals surface area (Å²) in [7, 11) is 1.83. The number of hydrogen-bond acceptors (Lipinski definition) is 3. The van der Waals surface area contributed by atoms with Gasteiger partial charge in [-0.3, -0.25) is 9.48 Å². The largest absolute Gasteiger partial charge is 0.389 e. The van der Waals surface area contributed by atoms with Crippen molar-refractivity contribution < 1.29 is 18.0 Å². The Bertz CT molecular complexity index is 772. The number of halogens is 3. The minimum Gasteiger partial charge on any atom is -0.326 e. The summed E-state index contributed by atoms with van der Waals surface area (Å²) < 4.78 is 38.8. The van der Waals surface area contributed by atoms with Gasteiger partial charge in [0, 0.05) is 44.4 Å². The Hall–Kier alpha value is -2.35. The van der Waals surface area contributed by atoms with Crippen molar-refractivity contribution in [3.05, 3.63) is 47.8 Å². The molecule has 26 heavy (non-hydrogen) atoms. The molecule has 1 fully saturated rings. The molecule has 1 aliphatic heterocycles. The maximum absolute atomic E-state index is 12.7. The van der Waals surface area contributed by atoms with E-state index in [9.17, 15) is 18.0 Å². The van der Waals surface area contributed by atoms with Crippen LogP contribution in [0.15, 0.2) is 36.7 Å². The number of carbonyl (C=O) groups excluding carboxylic acids is 1. The lowest BCUT2D eigenvalue weighted by atomic mass is 9.90. The van der Waals surface area contributed by atoms with E-state index in [1.54, 1.807) is 35.1 Å². The molecule has 0 saturated carbocycles. The van der Waals surface area contributed by atoms with E-state index in [0.717, 1.165) is 5.56 Å². The highest BCUT2D eigenvalue weighted by Gasteiger charge is 2.34. The van der Waals surface area contributed by atoms with Gasteiger partial charge in [-0.15, -0.1) is 0 Å². The number of anilines is 1. The van der Waals surface area contributed by atoms with Crippen LogP contribution < -0.4 is 10.6 Å². The van der Waals surface area contributed by atoms with Crippen LogP contribution in [0.5, 0.6) is 0 Å². The number of carbonyl (C=O) groups is 1. The molecule has 5 nitrogen and oxygen atoms in total. The first-order valence-electron chi connectivity index (χ1n) is 8.47. The highest BCUT2D eigenvalue weighted by atomic mass is 19.4. The molecular formula is C18H21F3N4O. The van der Waals surface area contributed by atoms with Crippen molar-refractivity contribution in [1.29, 1.82) is 0 Å². The van der Waals surface area contributed by atoms with Crippen molar-refractivity contribution in [2.45, 2.75) is 24.9 Å². The number of benzene rings is 1. The first-order chi connectivity index (χ1) is 12.3. The number of aryl methyl sites for hydroxylation is 2. The summed E-state index contributed by atoms with van der Waals surface area (Å²) in [4.78, 5) is 12.7. The zero-order valence-corrected chi connectivity index (χ0v) is 14.4. The van der Waals surface area contributed by atoms with Gasteiger partial charge >= 0.3 is 6.18 Å². The van der Waals surface area contributed by atoms with Gasteiger partial charge in [-0.25, -0.2) is 0 Å². The van der Waals surface area contributed by atoms with E-state index in [0.29, 0.717) is 24.3 Å². The lowest BCUT2D eigenvalue weighted by molar-refractivity contribution is -0.134. The average molecular weight is 366 g/mol. The smallest absolute Gasteiger partial charge is 0.326 e. The Balaban J connectivity index is 1.65. The highest BCUT2D eigenvalue weighted by molar-refractivity contribution is 5.93. The Morgan fingerprint density at radius 3 is 2.88 bits per heavy atom. The summed E-state index contributed by atoms with van der Waals surface area (Å²) >= 11 is 0. The van der Waals surface area contributed by atoms with Gasteiger partial charge in [-0.05, 0) is 29.7 Å². The number of rotatable bonds is 5. The van der Waals surface area contributed by atoms with Crippen LogP contribution >= 0.6 is 0 Å². The molecule has 1 aromatic heterocycles. The van der Waals surface area contributed by atoms with Crippen LogP contribution in [0, 0.1) is 5.92 Å². The fourth-order valence-corrected chi connectivity index (χ4v) is 3.26. The average Bonchev–Trinajstić information content (AvgIpc) is 3.21. The van der Waals surface area contributed by atoms with E-state index in [4.69, 9.17) is 0 Å². The summed E-state index contributed by atoms with van der Waals surface area (Å²) in [6, 6.07) is 6.59. The van der Waals surface area contributed by atoms with Crippen LogP contribution in [0.25, 0.3) is 0 Å². The monoisotopic (exact) mass is 366 g/mol. The Morgan fingerprint density at radius 1 is 1.38 bits per heavy atom. The highest BCUT2D eigenvalue weighted by Crippen LogP contribution is 2.29. The third-order valence-corrected chi connectivity index (χ3v) is 4.60. The number of nitrogens with one attached hydrogen (secondary N) is 2. The maximum Gasteiger partial charge on any atom is 0.389 e. The van der Waals surface area contributed by atoms with E-state index in [1.165, 1.54) is 0 Å². The van der Waals surface area contributed by atoms with Crippen LogP contribution in [0.1, 0.15) is 23.5 Å². The van der Waals surface area contributed by atoms with Gasteiger partial charge in [-0.2, -0.15) is 18.3 Å². The SMILES string of the molecule is Cn1cc([C@H]2CNC[C@@H]2C(=O)Nc2cccc(CCC(F)(F)F)c2)cn1. The Kier molecular flexibility index (Phi) is 5.31. The second-order valence-corrected chi connectivity index (χ2v) is 6.62. The van der Waals surface area contributed by atoms with Crippen LogP contribution in [0.3, 0.4) is 0 Å². The van der Waals surface area contributed by atoms with Gasteiger partial charge in [0.25, 0.3) is 0 Å². The van der Waals surface area contributed by atoms with E-state index < -0.39 is 12.6 Å². The van der Waals surface area contributed by atoms with Gasteiger partial charge in [0.1, 0.15) is 0 Å². The van der Waals surface area contributed by atoms with Crippen LogP contribution in [0.4, 0.5) is 18.9 Å². The fraction of sp³-hybridized carbons (Fsp3) is 0.444. The molecule has 2 heterocycles. The van der Waals surface area contributed by atoms with Crippen LogP contribution in [-0.2, 0) is 18.3 Å². The van der Waals surface area contributed by atoms with Crippen molar-refractivity contribution in [3.8, 4) is 0 Å². The van der Waals surface area contributed by atoms with Crippen molar-refractivity contribution >= 4 is 11.6 Å². The molecule has 0 bridgehead atoms. The molecule has 1 amide bonds. The van der Waals surface area contributed by atoms with Crippen molar-refractivity contribution in [3.63, 3.8) is 0 Å². The number of nitrogens with zero attached hydrogens (tertiary/aromatic N) is 2. The standard InChI is InChI=1S/C18H21F3N4O/c1-25-11-13(8-23-25)15-9-22-10-16(15)17(26)24-14-4-2-3-12(7-14)5-6-18(19,20)21/h2-4,7-8,11,15-16,22H,5-6,9-10H2,1H3,(H,24,26)/t15-,16+/m1/s1. The van der Waals surface area contributed by atoms with Crippen LogP contribution in [0.2, 0.25) is 0 Å². The molecule has 0 radical (unpaired) electrons. The molecule has 1 aliphatic rings. The quantitative estimate of drug-likeness (QED) is 0.856. The molecular weight excluding hydrogens is 345 g/mol.